The first-order chi connectivity index (χ1) is 8.72. The molecule has 3 heterocycles. The molecule has 0 atom stereocenters. The quantitative estimate of drug-likeness (QED) is 0.858. The Kier molecular flexibility index (Phi) is 3.17. The Hall–Kier alpha value is -1.21. The van der Waals surface area contributed by atoms with E-state index in [1.54, 1.807) is 11.3 Å². The summed E-state index contributed by atoms with van der Waals surface area (Å²) in [6, 6.07) is 0. The first kappa shape index (κ1) is 11.9. The monoisotopic (exact) mass is 282 g/mol. The van der Waals surface area contributed by atoms with Crippen LogP contribution in [0.2, 0.25) is 0 Å². The fourth-order valence-corrected chi connectivity index (χ4v) is 3.02. The van der Waals surface area contributed by atoms with E-state index in [1.165, 1.54) is 12.8 Å². The Morgan fingerprint density at radius 2 is 2.28 bits per heavy atom. The average Bonchev–Trinajstić information content (AvgIpc) is 2.98. The molecule has 2 aromatic heterocycles. The lowest BCUT2D eigenvalue weighted by Crippen LogP contribution is -2.32. The van der Waals surface area contributed by atoms with Crippen molar-refractivity contribution < 1.29 is 4.42 Å². The maximum absolute atomic E-state index is 5.26. The number of H-pyrrole nitrogens is 1. The molecule has 0 saturated carbocycles. The summed E-state index contributed by atoms with van der Waals surface area (Å²) in [4.78, 5) is 7.18. The molecular formula is C11H14N4OS2. The second-order valence-electron chi connectivity index (χ2n) is 4.60. The maximum Gasteiger partial charge on any atom is 0.284 e. The van der Waals surface area contributed by atoms with Crippen molar-refractivity contribution in [2.24, 2.45) is 5.92 Å². The average molecular weight is 282 g/mol. The molecule has 0 aromatic carbocycles. The molecule has 3 rings (SSSR count). The number of rotatable bonds is 2. The highest BCUT2D eigenvalue weighted by molar-refractivity contribution is 7.71. The van der Waals surface area contributed by atoms with Gasteiger partial charge in [0.15, 0.2) is 5.13 Å². The van der Waals surface area contributed by atoms with Gasteiger partial charge in [0.2, 0.25) is 0 Å². The summed E-state index contributed by atoms with van der Waals surface area (Å²) < 4.78 is 5.26. The van der Waals surface area contributed by atoms with E-state index in [0.717, 1.165) is 29.8 Å². The molecule has 1 aliphatic heterocycles. The van der Waals surface area contributed by atoms with E-state index in [9.17, 15) is 0 Å². The summed E-state index contributed by atoms with van der Waals surface area (Å²) >= 11 is 6.49. The number of aromatic amines is 1. The van der Waals surface area contributed by atoms with Crippen molar-refractivity contribution in [2.75, 3.05) is 18.0 Å². The van der Waals surface area contributed by atoms with Crippen LogP contribution in [0.25, 0.3) is 11.6 Å². The van der Waals surface area contributed by atoms with Gasteiger partial charge in [0.1, 0.15) is 5.69 Å². The fourth-order valence-electron chi connectivity index (χ4n) is 2.05. The second kappa shape index (κ2) is 4.81. The Labute approximate surface area is 114 Å². The van der Waals surface area contributed by atoms with Gasteiger partial charge >= 0.3 is 0 Å². The minimum Gasteiger partial charge on any atom is -0.408 e. The Morgan fingerprint density at radius 3 is 2.94 bits per heavy atom. The summed E-state index contributed by atoms with van der Waals surface area (Å²) in [7, 11) is 0. The van der Waals surface area contributed by atoms with E-state index in [2.05, 4.69) is 27.0 Å². The molecule has 1 N–H and O–H groups in total. The summed E-state index contributed by atoms with van der Waals surface area (Å²) in [5.41, 5.74) is 0.751. The van der Waals surface area contributed by atoms with E-state index in [-0.39, 0.29) is 4.84 Å². The molecule has 0 spiro atoms. The van der Waals surface area contributed by atoms with Crippen LogP contribution in [0.5, 0.6) is 0 Å². The van der Waals surface area contributed by atoms with Gasteiger partial charge in [-0.1, -0.05) is 6.92 Å². The van der Waals surface area contributed by atoms with Gasteiger partial charge < -0.3 is 9.32 Å². The number of thiazole rings is 1. The summed E-state index contributed by atoms with van der Waals surface area (Å²) in [6.45, 7) is 4.47. The largest absolute Gasteiger partial charge is 0.408 e. The van der Waals surface area contributed by atoms with Crippen LogP contribution in [-0.2, 0) is 0 Å². The van der Waals surface area contributed by atoms with Crippen LogP contribution in [0, 0.1) is 10.8 Å². The van der Waals surface area contributed by atoms with Crippen LogP contribution in [0.3, 0.4) is 0 Å². The van der Waals surface area contributed by atoms with Crippen LogP contribution in [0.1, 0.15) is 19.8 Å². The molecule has 5 nitrogen and oxygen atoms in total. The van der Waals surface area contributed by atoms with Crippen molar-refractivity contribution in [1.82, 2.24) is 15.2 Å². The lowest BCUT2D eigenvalue weighted by Gasteiger charge is -2.29. The summed E-state index contributed by atoms with van der Waals surface area (Å²) in [6.07, 6.45) is 2.47. The molecule has 96 valence electrons. The number of hydrogen-bond donors (Lipinski definition) is 1. The van der Waals surface area contributed by atoms with Crippen molar-refractivity contribution in [2.45, 2.75) is 19.8 Å². The predicted molar refractivity (Wildman–Crippen MR) is 73.4 cm³/mol. The van der Waals surface area contributed by atoms with Crippen LogP contribution in [0.4, 0.5) is 5.13 Å². The number of anilines is 1. The minimum absolute atomic E-state index is 0.284. The molecular weight excluding hydrogens is 268 g/mol. The van der Waals surface area contributed by atoms with Crippen LogP contribution in [0.15, 0.2) is 9.80 Å². The molecule has 7 heteroatoms. The number of piperidine rings is 1. The number of hydrogen-bond acceptors (Lipinski definition) is 6. The molecule has 0 amide bonds. The van der Waals surface area contributed by atoms with Crippen molar-refractivity contribution in [3.05, 3.63) is 10.2 Å². The highest BCUT2D eigenvalue weighted by Crippen LogP contribution is 2.29. The Bertz CT molecular complexity index is 580. The standard InChI is InChI=1S/C11H14N4OS2/c1-7-2-4-15(5-3-7)10-12-8(6-18-10)9-13-14-11(17)16-9/h6-7H,2-5H2,1H3,(H,14,17). The SMILES string of the molecule is CC1CCN(c2nc(-c3n[nH]c(=S)o3)cs2)CC1. The molecule has 0 radical (unpaired) electrons. The molecule has 0 unspecified atom stereocenters. The number of nitrogens with one attached hydrogen (secondary N) is 1. The topological polar surface area (TPSA) is 58.0 Å². The summed E-state index contributed by atoms with van der Waals surface area (Å²) in [5, 5.41) is 9.60. The molecule has 0 aliphatic carbocycles. The Morgan fingerprint density at radius 1 is 1.50 bits per heavy atom. The van der Waals surface area contributed by atoms with Gasteiger partial charge in [0, 0.05) is 18.5 Å². The van der Waals surface area contributed by atoms with Gasteiger partial charge in [-0.3, -0.25) is 0 Å². The van der Waals surface area contributed by atoms with Gasteiger partial charge in [-0.05, 0) is 31.0 Å². The van der Waals surface area contributed by atoms with Crippen molar-refractivity contribution in [1.29, 1.82) is 0 Å². The van der Waals surface area contributed by atoms with Crippen LogP contribution in [-0.4, -0.2) is 28.3 Å². The zero-order valence-corrected chi connectivity index (χ0v) is 11.7. The molecule has 18 heavy (non-hydrogen) atoms. The molecule has 1 fully saturated rings. The van der Waals surface area contributed by atoms with Crippen LogP contribution >= 0.6 is 23.6 Å². The van der Waals surface area contributed by atoms with Crippen molar-refractivity contribution in [3.8, 4) is 11.6 Å². The molecule has 2 aromatic rings. The van der Waals surface area contributed by atoms with Gasteiger partial charge in [0.25, 0.3) is 10.7 Å². The lowest BCUT2D eigenvalue weighted by molar-refractivity contribution is 0.438. The van der Waals surface area contributed by atoms with E-state index in [1.807, 2.05) is 5.38 Å². The highest BCUT2D eigenvalue weighted by Gasteiger charge is 2.19. The van der Waals surface area contributed by atoms with E-state index in [4.69, 9.17) is 16.6 Å². The van der Waals surface area contributed by atoms with Crippen LogP contribution < -0.4 is 4.90 Å². The zero-order valence-electron chi connectivity index (χ0n) is 10.0. The van der Waals surface area contributed by atoms with Gasteiger partial charge in [0.05, 0.1) is 0 Å². The van der Waals surface area contributed by atoms with Crippen molar-refractivity contribution in [3.63, 3.8) is 0 Å². The van der Waals surface area contributed by atoms with Gasteiger partial charge in [-0.2, -0.15) is 0 Å². The lowest BCUT2D eigenvalue weighted by atomic mass is 10.00. The maximum atomic E-state index is 5.26. The van der Waals surface area contributed by atoms with E-state index >= 15 is 0 Å². The normalized spacial score (nSPS) is 17.3. The first-order valence-electron chi connectivity index (χ1n) is 5.99. The van der Waals surface area contributed by atoms with Gasteiger partial charge in [-0.25, -0.2) is 10.1 Å². The van der Waals surface area contributed by atoms with E-state index < -0.39 is 0 Å². The summed E-state index contributed by atoms with van der Waals surface area (Å²) in [5.74, 6) is 1.29. The zero-order chi connectivity index (χ0) is 12.5. The molecule has 0 bridgehead atoms. The minimum atomic E-state index is 0.284. The second-order valence-corrected chi connectivity index (χ2v) is 5.81. The predicted octanol–water partition coefficient (Wildman–Crippen LogP) is 3.09. The molecule has 1 aliphatic rings. The molecule has 1 saturated heterocycles. The number of nitrogens with zero attached hydrogens (tertiary/aromatic N) is 3. The van der Waals surface area contributed by atoms with E-state index in [0.29, 0.717) is 5.89 Å². The third kappa shape index (κ3) is 2.32. The third-order valence-corrected chi connectivity index (χ3v) is 4.28. The fraction of sp³-hybridized carbons (Fsp3) is 0.545. The first-order valence-corrected chi connectivity index (χ1v) is 7.27. The highest BCUT2D eigenvalue weighted by atomic mass is 32.1. The Balaban J connectivity index is 1.79. The number of aromatic nitrogens is 3. The van der Waals surface area contributed by atoms with Crippen molar-refractivity contribution >= 4 is 28.7 Å². The smallest absolute Gasteiger partial charge is 0.284 e. The third-order valence-electron chi connectivity index (χ3n) is 3.20. The van der Waals surface area contributed by atoms with Gasteiger partial charge in [-0.15, -0.1) is 16.4 Å².